The molecule has 1 aliphatic heterocycles. The smallest absolute Gasteiger partial charge is 0.279 e. The van der Waals surface area contributed by atoms with E-state index < -0.39 is 16.3 Å². The van der Waals surface area contributed by atoms with Crippen molar-refractivity contribution in [2.24, 2.45) is 0 Å². The summed E-state index contributed by atoms with van der Waals surface area (Å²) in [5, 5.41) is 9.73. The summed E-state index contributed by atoms with van der Waals surface area (Å²) >= 11 is 0. The Kier molecular flexibility index (Phi) is 3.84. The molecule has 2 fully saturated rings. The minimum Gasteiger partial charge on any atom is -0.391 e. The first-order valence-corrected chi connectivity index (χ1v) is 7.49. The number of hydrogen-bond donors (Lipinski definition) is 2. The van der Waals surface area contributed by atoms with Crippen LogP contribution in [0.1, 0.15) is 38.5 Å². The van der Waals surface area contributed by atoms with Crippen LogP contribution in [0.3, 0.4) is 0 Å². The van der Waals surface area contributed by atoms with Crippen molar-refractivity contribution in [2.45, 2.75) is 50.7 Å². The predicted molar refractivity (Wildman–Crippen MR) is 61.1 cm³/mol. The van der Waals surface area contributed by atoms with E-state index in [-0.39, 0.29) is 6.04 Å². The van der Waals surface area contributed by atoms with Gasteiger partial charge in [0.2, 0.25) is 0 Å². The Balaban J connectivity index is 1.96. The molecule has 1 heterocycles. The van der Waals surface area contributed by atoms with Gasteiger partial charge in [-0.25, -0.2) is 0 Å². The van der Waals surface area contributed by atoms with Gasteiger partial charge in [-0.1, -0.05) is 12.8 Å². The maximum atomic E-state index is 12.0. The van der Waals surface area contributed by atoms with Gasteiger partial charge in [-0.05, 0) is 25.7 Å². The van der Waals surface area contributed by atoms with Crippen molar-refractivity contribution in [2.75, 3.05) is 13.1 Å². The summed E-state index contributed by atoms with van der Waals surface area (Å²) in [5.74, 6) is 0. The molecule has 6 heteroatoms. The van der Waals surface area contributed by atoms with E-state index >= 15 is 0 Å². The topological polar surface area (TPSA) is 69.6 Å². The molecule has 5 nitrogen and oxygen atoms in total. The molecule has 1 aliphatic carbocycles. The minimum absolute atomic E-state index is 0.292. The van der Waals surface area contributed by atoms with Crippen LogP contribution in [-0.4, -0.2) is 43.1 Å². The van der Waals surface area contributed by atoms with Crippen LogP contribution in [0.4, 0.5) is 0 Å². The summed E-state index contributed by atoms with van der Waals surface area (Å²) in [5.41, 5.74) is 0. The zero-order chi connectivity index (χ0) is 11.6. The maximum Gasteiger partial charge on any atom is 0.279 e. The van der Waals surface area contributed by atoms with Gasteiger partial charge in [-0.2, -0.15) is 17.4 Å². The van der Waals surface area contributed by atoms with Crippen LogP contribution in [0.15, 0.2) is 0 Å². The lowest BCUT2D eigenvalue weighted by Gasteiger charge is -2.29. The van der Waals surface area contributed by atoms with Gasteiger partial charge < -0.3 is 5.11 Å². The highest BCUT2D eigenvalue weighted by atomic mass is 32.2. The van der Waals surface area contributed by atoms with Crippen molar-refractivity contribution in [1.82, 2.24) is 9.03 Å². The lowest BCUT2D eigenvalue weighted by atomic mass is 9.93. The second-order valence-corrected chi connectivity index (χ2v) is 6.39. The fourth-order valence-electron chi connectivity index (χ4n) is 2.44. The van der Waals surface area contributed by atoms with Crippen LogP contribution in [0.2, 0.25) is 0 Å². The number of aliphatic hydroxyl groups excluding tert-OH is 1. The van der Waals surface area contributed by atoms with E-state index in [1.54, 1.807) is 0 Å². The average molecular weight is 248 g/mol. The Hall–Kier alpha value is -0.170. The number of hydrogen-bond acceptors (Lipinski definition) is 3. The predicted octanol–water partition coefficient (Wildman–Crippen LogP) is 0.220. The number of nitrogens with zero attached hydrogens (tertiary/aromatic N) is 1. The first-order valence-electron chi connectivity index (χ1n) is 6.05. The molecule has 2 rings (SSSR count). The van der Waals surface area contributed by atoms with Crippen LogP contribution in [0.5, 0.6) is 0 Å². The molecular weight excluding hydrogens is 228 g/mol. The van der Waals surface area contributed by atoms with Gasteiger partial charge in [0.15, 0.2) is 0 Å². The molecule has 0 amide bonds. The molecule has 0 aromatic rings. The molecule has 94 valence electrons. The Labute approximate surface area is 97.0 Å². The largest absolute Gasteiger partial charge is 0.391 e. The molecule has 2 N–H and O–H groups in total. The van der Waals surface area contributed by atoms with Crippen LogP contribution in [0.25, 0.3) is 0 Å². The van der Waals surface area contributed by atoms with E-state index in [0.717, 1.165) is 32.1 Å². The van der Waals surface area contributed by atoms with E-state index in [0.29, 0.717) is 19.5 Å². The molecule has 1 saturated heterocycles. The molecule has 1 saturated carbocycles. The molecule has 2 atom stereocenters. The average Bonchev–Trinajstić information content (AvgIpc) is 2.75. The van der Waals surface area contributed by atoms with Crippen molar-refractivity contribution < 1.29 is 13.5 Å². The fraction of sp³-hybridized carbons (Fsp3) is 1.00. The van der Waals surface area contributed by atoms with Crippen LogP contribution in [0, 0.1) is 0 Å². The zero-order valence-corrected chi connectivity index (χ0v) is 10.2. The Morgan fingerprint density at radius 1 is 1.06 bits per heavy atom. The molecule has 0 radical (unpaired) electrons. The number of nitrogens with one attached hydrogen (secondary N) is 1. The lowest BCUT2D eigenvalue weighted by molar-refractivity contribution is 0.100. The van der Waals surface area contributed by atoms with E-state index in [9.17, 15) is 13.5 Å². The summed E-state index contributed by atoms with van der Waals surface area (Å²) in [6.45, 7) is 1.22. The second kappa shape index (κ2) is 5.00. The fourth-order valence-corrected chi connectivity index (χ4v) is 3.99. The third kappa shape index (κ3) is 2.74. The molecule has 0 unspecified atom stereocenters. The van der Waals surface area contributed by atoms with Gasteiger partial charge >= 0.3 is 0 Å². The van der Waals surface area contributed by atoms with E-state index in [2.05, 4.69) is 4.72 Å². The summed E-state index contributed by atoms with van der Waals surface area (Å²) in [7, 11) is -3.37. The molecule has 0 bridgehead atoms. The third-order valence-corrected chi connectivity index (χ3v) is 5.08. The maximum absolute atomic E-state index is 12.0. The monoisotopic (exact) mass is 248 g/mol. The summed E-state index contributed by atoms with van der Waals surface area (Å²) in [6, 6.07) is -0.292. The van der Waals surface area contributed by atoms with Crippen molar-refractivity contribution in [3.8, 4) is 0 Å². The van der Waals surface area contributed by atoms with Crippen LogP contribution in [-0.2, 0) is 10.2 Å². The first kappa shape index (κ1) is 12.3. The van der Waals surface area contributed by atoms with E-state index in [1.807, 2.05) is 0 Å². The summed E-state index contributed by atoms with van der Waals surface area (Å²) in [6.07, 6.45) is 4.78. The Morgan fingerprint density at radius 2 is 1.69 bits per heavy atom. The minimum atomic E-state index is -3.37. The van der Waals surface area contributed by atoms with E-state index in [4.69, 9.17) is 0 Å². The summed E-state index contributed by atoms with van der Waals surface area (Å²) in [4.78, 5) is 0. The standard InChI is InChI=1S/C10H20N2O3S/c13-10-6-2-1-5-9(10)11-16(14,15)12-7-3-4-8-12/h9-11,13H,1-8H2/t9-,10-/m1/s1. The molecule has 16 heavy (non-hydrogen) atoms. The molecule has 2 aliphatic rings. The van der Waals surface area contributed by atoms with E-state index in [1.165, 1.54) is 4.31 Å². The highest BCUT2D eigenvalue weighted by Gasteiger charge is 2.31. The van der Waals surface area contributed by atoms with Crippen molar-refractivity contribution in [1.29, 1.82) is 0 Å². The van der Waals surface area contributed by atoms with Crippen molar-refractivity contribution in [3.63, 3.8) is 0 Å². The normalized spacial score (nSPS) is 33.1. The van der Waals surface area contributed by atoms with Gasteiger partial charge in [-0.3, -0.25) is 0 Å². The molecule has 0 aromatic carbocycles. The zero-order valence-electron chi connectivity index (χ0n) is 9.43. The van der Waals surface area contributed by atoms with Crippen molar-refractivity contribution in [3.05, 3.63) is 0 Å². The third-order valence-electron chi connectivity index (χ3n) is 3.43. The van der Waals surface area contributed by atoms with Gasteiger partial charge in [0.1, 0.15) is 0 Å². The molecule has 0 spiro atoms. The molecular formula is C10H20N2O3S. The Morgan fingerprint density at radius 3 is 2.31 bits per heavy atom. The number of aliphatic hydroxyl groups is 1. The quantitative estimate of drug-likeness (QED) is 0.750. The SMILES string of the molecule is O=S(=O)(N[C@@H]1CCCC[C@H]1O)N1CCCC1. The van der Waals surface area contributed by atoms with Crippen molar-refractivity contribution >= 4 is 10.2 Å². The van der Waals surface area contributed by atoms with Gasteiger partial charge in [0, 0.05) is 19.1 Å². The van der Waals surface area contributed by atoms with Gasteiger partial charge in [0.25, 0.3) is 10.2 Å². The van der Waals surface area contributed by atoms with Crippen LogP contribution >= 0.6 is 0 Å². The first-order chi connectivity index (χ1) is 7.59. The second-order valence-electron chi connectivity index (χ2n) is 4.69. The highest BCUT2D eigenvalue weighted by Crippen LogP contribution is 2.20. The highest BCUT2D eigenvalue weighted by molar-refractivity contribution is 7.87. The number of rotatable bonds is 3. The molecule has 0 aromatic heterocycles. The van der Waals surface area contributed by atoms with Crippen LogP contribution < -0.4 is 4.72 Å². The lowest BCUT2D eigenvalue weighted by Crippen LogP contribution is -2.49. The van der Waals surface area contributed by atoms with Gasteiger partial charge in [0.05, 0.1) is 6.10 Å². The van der Waals surface area contributed by atoms with Gasteiger partial charge in [-0.15, -0.1) is 0 Å². The Bertz CT molecular complexity index is 325. The summed E-state index contributed by atoms with van der Waals surface area (Å²) < 4.78 is 28.0.